The summed E-state index contributed by atoms with van der Waals surface area (Å²) in [6.45, 7) is 4.94. The molecular weight excluding hydrogens is 378 g/mol. The lowest BCUT2D eigenvalue weighted by molar-refractivity contribution is -0.121. The first-order valence-corrected chi connectivity index (χ1v) is 10.2. The molecule has 2 aromatic carbocycles. The number of aromatic nitrogens is 3. The Labute approximate surface area is 175 Å². The SMILES string of the molecule is Cc1ccc(-n2nnc(C(=O)N3CCC(C(=O)Nc4ccccc4)CC3)c2C)cc1. The van der Waals surface area contributed by atoms with Crippen molar-refractivity contribution in [2.75, 3.05) is 18.4 Å². The minimum Gasteiger partial charge on any atom is -0.337 e. The summed E-state index contributed by atoms with van der Waals surface area (Å²) in [7, 11) is 0. The third-order valence-electron chi connectivity index (χ3n) is 5.57. The number of aryl methyl sites for hydroxylation is 1. The van der Waals surface area contributed by atoms with Crippen molar-refractivity contribution in [3.63, 3.8) is 0 Å². The Morgan fingerprint density at radius 3 is 2.30 bits per heavy atom. The average Bonchev–Trinajstić information content (AvgIpc) is 3.16. The first-order valence-electron chi connectivity index (χ1n) is 10.2. The number of piperidine rings is 1. The van der Waals surface area contributed by atoms with Gasteiger partial charge in [-0.15, -0.1) is 5.10 Å². The van der Waals surface area contributed by atoms with Crippen LogP contribution in [0.3, 0.4) is 0 Å². The van der Waals surface area contributed by atoms with Crippen molar-refractivity contribution < 1.29 is 9.59 Å². The van der Waals surface area contributed by atoms with Crippen LogP contribution in [-0.2, 0) is 4.79 Å². The van der Waals surface area contributed by atoms with Crippen LogP contribution >= 0.6 is 0 Å². The van der Waals surface area contributed by atoms with Gasteiger partial charge in [-0.05, 0) is 51.0 Å². The maximum atomic E-state index is 13.0. The smallest absolute Gasteiger partial charge is 0.276 e. The van der Waals surface area contributed by atoms with Crippen LogP contribution in [0.25, 0.3) is 5.69 Å². The van der Waals surface area contributed by atoms with Crippen LogP contribution in [0.5, 0.6) is 0 Å². The van der Waals surface area contributed by atoms with Gasteiger partial charge in [0.2, 0.25) is 5.91 Å². The van der Waals surface area contributed by atoms with Gasteiger partial charge in [0.15, 0.2) is 5.69 Å². The van der Waals surface area contributed by atoms with E-state index in [1.165, 1.54) is 0 Å². The normalized spacial score (nSPS) is 14.5. The molecule has 1 aromatic heterocycles. The molecule has 0 bridgehead atoms. The molecule has 1 saturated heterocycles. The van der Waals surface area contributed by atoms with Gasteiger partial charge in [-0.2, -0.15) is 0 Å². The van der Waals surface area contributed by atoms with Gasteiger partial charge < -0.3 is 10.2 Å². The minimum atomic E-state index is -0.132. The number of hydrogen-bond donors (Lipinski definition) is 1. The molecule has 30 heavy (non-hydrogen) atoms. The molecule has 1 N–H and O–H groups in total. The fraction of sp³-hybridized carbons (Fsp3) is 0.304. The van der Waals surface area contributed by atoms with Gasteiger partial charge in [0.25, 0.3) is 5.91 Å². The topological polar surface area (TPSA) is 80.1 Å². The molecule has 0 saturated carbocycles. The monoisotopic (exact) mass is 403 g/mol. The van der Waals surface area contributed by atoms with Crippen molar-refractivity contribution in [3.05, 3.63) is 71.5 Å². The fourth-order valence-electron chi connectivity index (χ4n) is 3.72. The number of carbonyl (C=O) groups excluding carboxylic acids is 2. The van der Waals surface area contributed by atoms with Gasteiger partial charge in [0.05, 0.1) is 11.4 Å². The van der Waals surface area contributed by atoms with Crippen LogP contribution in [0.2, 0.25) is 0 Å². The molecule has 0 spiro atoms. The number of para-hydroxylation sites is 1. The first kappa shape index (κ1) is 19.8. The van der Waals surface area contributed by atoms with Crippen molar-refractivity contribution in [3.8, 4) is 5.69 Å². The third kappa shape index (κ3) is 4.10. The van der Waals surface area contributed by atoms with E-state index in [0.29, 0.717) is 37.3 Å². The van der Waals surface area contributed by atoms with E-state index in [1.54, 1.807) is 9.58 Å². The van der Waals surface area contributed by atoms with Gasteiger partial charge in [-0.25, -0.2) is 4.68 Å². The number of anilines is 1. The Bertz CT molecular complexity index is 1040. The summed E-state index contributed by atoms with van der Waals surface area (Å²) in [4.78, 5) is 27.3. The molecular formula is C23H25N5O2. The maximum absolute atomic E-state index is 13.0. The molecule has 0 atom stereocenters. The highest BCUT2D eigenvalue weighted by Crippen LogP contribution is 2.22. The predicted octanol–water partition coefficient (Wildman–Crippen LogP) is 3.38. The van der Waals surface area contributed by atoms with Crippen LogP contribution in [-0.4, -0.2) is 44.8 Å². The quantitative estimate of drug-likeness (QED) is 0.724. The molecule has 2 amide bonds. The van der Waals surface area contributed by atoms with E-state index < -0.39 is 0 Å². The Balaban J connectivity index is 1.39. The molecule has 0 aliphatic carbocycles. The van der Waals surface area contributed by atoms with Gasteiger partial charge in [-0.1, -0.05) is 41.1 Å². The lowest BCUT2D eigenvalue weighted by Gasteiger charge is -2.31. The second-order valence-corrected chi connectivity index (χ2v) is 7.69. The van der Waals surface area contributed by atoms with Crippen molar-refractivity contribution in [2.24, 2.45) is 5.92 Å². The van der Waals surface area contributed by atoms with Crippen LogP contribution in [0.4, 0.5) is 5.69 Å². The molecule has 1 fully saturated rings. The lowest BCUT2D eigenvalue weighted by Crippen LogP contribution is -2.41. The van der Waals surface area contributed by atoms with Crippen molar-refractivity contribution >= 4 is 17.5 Å². The van der Waals surface area contributed by atoms with E-state index in [-0.39, 0.29) is 17.7 Å². The highest BCUT2D eigenvalue weighted by atomic mass is 16.2. The summed E-state index contributed by atoms with van der Waals surface area (Å²) in [5, 5.41) is 11.3. The van der Waals surface area contributed by atoms with Crippen molar-refractivity contribution in [1.29, 1.82) is 0 Å². The van der Waals surface area contributed by atoms with Crippen LogP contribution in [0.15, 0.2) is 54.6 Å². The predicted molar refractivity (Wildman–Crippen MR) is 115 cm³/mol. The number of benzene rings is 2. The number of carbonyl (C=O) groups is 2. The largest absolute Gasteiger partial charge is 0.337 e. The fourth-order valence-corrected chi connectivity index (χ4v) is 3.72. The molecule has 0 radical (unpaired) electrons. The minimum absolute atomic E-state index is 0.00907. The third-order valence-corrected chi connectivity index (χ3v) is 5.57. The van der Waals surface area contributed by atoms with Gasteiger partial charge in [0.1, 0.15) is 0 Å². The number of rotatable bonds is 4. The van der Waals surface area contributed by atoms with E-state index in [4.69, 9.17) is 0 Å². The highest BCUT2D eigenvalue weighted by molar-refractivity contribution is 5.94. The molecule has 3 aromatic rings. The number of nitrogens with one attached hydrogen (secondary N) is 1. The number of likely N-dealkylation sites (tertiary alicyclic amines) is 1. The summed E-state index contributed by atoms with van der Waals surface area (Å²) >= 11 is 0. The maximum Gasteiger partial charge on any atom is 0.276 e. The molecule has 1 aliphatic rings. The van der Waals surface area contributed by atoms with Gasteiger partial charge >= 0.3 is 0 Å². The van der Waals surface area contributed by atoms with Gasteiger partial charge in [-0.3, -0.25) is 9.59 Å². The van der Waals surface area contributed by atoms with E-state index in [1.807, 2.05) is 68.4 Å². The Hall–Kier alpha value is -3.48. The molecule has 0 unspecified atom stereocenters. The molecule has 2 heterocycles. The Kier molecular flexibility index (Phi) is 5.61. The zero-order valence-electron chi connectivity index (χ0n) is 17.2. The number of nitrogens with zero attached hydrogens (tertiary/aromatic N) is 4. The lowest BCUT2D eigenvalue weighted by atomic mass is 9.95. The second kappa shape index (κ2) is 8.49. The molecule has 7 nitrogen and oxygen atoms in total. The zero-order chi connectivity index (χ0) is 21.1. The van der Waals surface area contributed by atoms with E-state index in [2.05, 4.69) is 15.6 Å². The van der Waals surface area contributed by atoms with Crippen LogP contribution in [0, 0.1) is 19.8 Å². The second-order valence-electron chi connectivity index (χ2n) is 7.69. The standard InChI is InChI=1S/C23H25N5O2/c1-16-8-10-20(11-9-16)28-17(2)21(25-26-28)23(30)27-14-12-18(13-15-27)22(29)24-19-6-4-3-5-7-19/h3-11,18H,12-15H2,1-2H3,(H,24,29). The van der Waals surface area contributed by atoms with E-state index in [0.717, 1.165) is 16.9 Å². The summed E-state index contributed by atoms with van der Waals surface area (Å²) < 4.78 is 1.69. The van der Waals surface area contributed by atoms with Crippen LogP contribution in [0.1, 0.15) is 34.6 Å². The summed E-state index contributed by atoms with van der Waals surface area (Å²) in [6.07, 6.45) is 1.27. The zero-order valence-corrected chi connectivity index (χ0v) is 17.2. The van der Waals surface area contributed by atoms with Crippen molar-refractivity contribution in [1.82, 2.24) is 19.9 Å². The number of amides is 2. The average molecular weight is 403 g/mol. The molecule has 1 aliphatic heterocycles. The van der Waals surface area contributed by atoms with Crippen LogP contribution < -0.4 is 5.32 Å². The Morgan fingerprint density at radius 2 is 1.63 bits per heavy atom. The molecule has 4 rings (SSSR count). The summed E-state index contributed by atoms with van der Waals surface area (Å²) in [5.41, 5.74) is 3.91. The molecule has 7 heteroatoms. The van der Waals surface area contributed by atoms with E-state index in [9.17, 15) is 9.59 Å². The Morgan fingerprint density at radius 1 is 0.967 bits per heavy atom. The summed E-state index contributed by atoms with van der Waals surface area (Å²) in [5.74, 6) is -0.221. The summed E-state index contributed by atoms with van der Waals surface area (Å²) in [6, 6.07) is 17.4. The molecule has 154 valence electrons. The number of hydrogen-bond acceptors (Lipinski definition) is 4. The highest BCUT2D eigenvalue weighted by Gasteiger charge is 2.30. The van der Waals surface area contributed by atoms with Gasteiger partial charge in [0, 0.05) is 24.7 Å². The first-order chi connectivity index (χ1) is 14.5. The van der Waals surface area contributed by atoms with Crippen molar-refractivity contribution in [2.45, 2.75) is 26.7 Å². The van der Waals surface area contributed by atoms with E-state index >= 15 is 0 Å².